The number of carbonyl (C=O) groups excluding carboxylic acids is 1. The van der Waals surface area contributed by atoms with E-state index in [2.05, 4.69) is 39.8 Å². The van der Waals surface area contributed by atoms with Crippen molar-refractivity contribution in [1.29, 1.82) is 0 Å². The normalized spacial score (nSPS) is 14.6. The van der Waals surface area contributed by atoms with Gasteiger partial charge in [0.1, 0.15) is 11.6 Å². The van der Waals surface area contributed by atoms with E-state index in [9.17, 15) is 9.18 Å². The highest BCUT2D eigenvalue weighted by molar-refractivity contribution is 6.06. The van der Waals surface area contributed by atoms with E-state index >= 15 is 0 Å². The summed E-state index contributed by atoms with van der Waals surface area (Å²) in [6.07, 6.45) is 4.46. The summed E-state index contributed by atoms with van der Waals surface area (Å²) in [6.45, 7) is 13.2. The molecule has 34 heavy (non-hydrogen) atoms. The Bertz CT molecular complexity index is 1010. The summed E-state index contributed by atoms with van der Waals surface area (Å²) < 4.78 is 13.2. The van der Waals surface area contributed by atoms with E-state index in [0.717, 1.165) is 56.1 Å². The van der Waals surface area contributed by atoms with Gasteiger partial charge in [-0.2, -0.15) is 0 Å². The number of aromatic nitrogens is 1. The predicted octanol–water partition coefficient (Wildman–Crippen LogP) is 5.22. The number of pyridine rings is 1. The number of hydrogen-bond acceptors (Lipinski definition) is 4. The molecule has 0 radical (unpaired) electrons. The van der Waals surface area contributed by atoms with Gasteiger partial charge in [0.2, 0.25) is 5.91 Å². The summed E-state index contributed by atoms with van der Waals surface area (Å²) in [4.78, 5) is 28.7. The lowest BCUT2D eigenvalue weighted by molar-refractivity contribution is -0.131. The Balaban J connectivity index is 0.000000240. The van der Waals surface area contributed by atoms with Gasteiger partial charge < -0.3 is 9.80 Å². The van der Waals surface area contributed by atoms with Crippen LogP contribution in [0.4, 0.5) is 10.2 Å². The van der Waals surface area contributed by atoms with Gasteiger partial charge >= 0.3 is 0 Å². The molecule has 1 aromatic carbocycles. The number of carbonyl (C=O) groups is 1. The number of aryl methyl sites for hydroxylation is 2. The number of halogens is 1. The van der Waals surface area contributed by atoms with Gasteiger partial charge in [-0.1, -0.05) is 20.3 Å². The van der Waals surface area contributed by atoms with Crippen molar-refractivity contribution in [2.45, 2.75) is 53.9 Å². The van der Waals surface area contributed by atoms with Gasteiger partial charge in [0.15, 0.2) is 5.84 Å². The van der Waals surface area contributed by atoms with Crippen LogP contribution in [0.3, 0.4) is 0 Å². The molecule has 7 heteroatoms. The lowest BCUT2D eigenvalue weighted by Gasteiger charge is -2.35. The number of amides is 1. The monoisotopic (exact) mass is 467 g/mol. The second-order valence-corrected chi connectivity index (χ2v) is 8.52. The third kappa shape index (κ3) is 8.04. The van der Waals surface area contributed by atoms with Crippen LogP contribution in [0.2, 0.25) is 0 Å². The molecule has 0 bridgehead atoms. The maximum Gasteiger partial charge on any atom is 0.222 e. The van der Waals surface area contributed by atoms with E-state index in [1.807, 2.05) is 31.0 Å². The topological polar surface area (TPSA) is 61.2 Å². The van der Waals surface area contributed by atoms with Gasteiger partial charge in [-0.25, -0.2) is 14.4 Å². The SMILES string of the molecule is CCC(=O)N1CCN(c2cc(C)ccn2)CC1.CCCC(C)=NC(=NC)c1ccc(F)c(C)c1. The summed E-state index contributed by atoms with van der Waals surface area (Å²) in [5, 5.41) is 0. The zero-order valence-corrected chi connectivity index (χ0v) is 21.4. The first-order chi connectivity index (χ1) is 16.3. The molecule has 0 aliphatic carbocycles. The standard InChI is InChI=1S/C14H19FN2.C13H19N3O/c1-5-6-11(3)17-14(16-4)12-7-8-13(15)10(2)9-12;1-3-13(17)16-8-6-15(7-9-16)12-10-11(2)4-5-14-12/h7-9H,5-6H2,1-4H3;4-5,10H,3,6-9H2,1-2H3. The number of aliphatic imine (C=N–C) groups is 2. The fourth-order valence-corrected chi connectivity index (χ4v) is 3.73. The van der Waals surface area contributed by atoms with Gasteiger partial charge in [0.25, 0.3) is 0 Å². The second-order valence-electron chi connectivity index (χ2n) is 8.52. The zero-order valence-electron chi connectivity index (χ0n) is 21.4. The Hall–Kier alpha value is -3.09. The van der Waals surface area contributed by atoms with Crippen LogP contribution in [0.25, 0.3) is 0 Å². The Morgan fingerprint density at radius 3 is 2.35 bits per heavy atom. The van der Waals surface area contributed by atoms with Crippen molar-refractivity contribution in [3.8, 4) is 0 Å². The molecule has 184 valence electrons. The van der Waals surface area contributed by atoms with Crippen LogP contribution in [-0.2, 0) is 4.79 Å². The number of benzene rings is 1. The number of piperazine rings is 1. The molecule has 1 fully saturated rings. The van der Waals surface area contributed by atoms with Crippen LogP contribution < -0.4 is 4.90 Å². The highest BCUT2D eigenvalue weighted by Crippen LogP contribution is 2.15. The molecule has 0 N–H and O–H groups in total. The minimum absolute atomic E-state index is 0.196. The zero-order chi connectivity index (χ0) is 25.1. The molecule has 1 aromatic heterocycles. The molecule has 0 spiro atoms. The Morgan fingerprint density at radius 2 is 1.79 bits per heavy atom. The van der Waals surface area contributed by atoms with Crippen LogP contribution in [0.15, 0.2) is 46.5 Å². The van der Waals surface area contributed by atoms with Crippen molar-refractivity contribution in [1.82, 2.24) is 9.88 Å². The number of hydrogen-bond donors (Lipinski definition) is 0. The number of nitrogens with zero attached hydrogens (tertiary/aromatic N) is 5. The third-order valence-electron chi connectivity index (χ3n) is 5.70. The molecule has 2 aromatic rings. The number of anilines is 1. The highest BCUT2D eigenvalue weighted by atomic mass is 19.1. The Labute approximate surface area is 203 Å². The smallest absolute Gasteiger partial charge is 0.222 e. The first-order valence-electron chi connectivity index (χ1n) is 12.0. The summed E-state index contributed by atoms with van der Waals surface area (Å²) in [6, 6.07) is 9.05. The summed E-state index contributed by atoms with van der Waals surface area (Å²) >= 11 is 0. The van der Waals surface area contributed by atoms with Gasteiger partial charge in [-0.05, 0) is 68.7 Å². The van der Waals surface area contributed by atoms with Crippen LogP contribution in [0.5, 0.6) is 0 Å². The van der Waals surface area contributed by atoms with Gasteiger partial charge in [0.05, 0.1) is 0 Å². The quantitative estimate of drug-likeness (QED) is 0.447. The summed E-state index contributed by atoms with van der Waals surface area (Å²) in [5.74, 6) is 1.74. The molecule has 1 aliphatic heterocycles. The molecule has 3 rings (SSSR count). The van der Waals surface area contributed by atoms with Gasteiger partial charge in [-0.3, -0.25) is 9.79 Å². The van der Waals surface area contributed by atoms with E-state index in [1.54, 1.807) is 26.1 Å². The van der Waals surface area contributed by atoms with Gasteiger partial charge in [0, 0.05) is 57.1 Å². The Kier molecular flexibility index (Phi) is 10.8. The van der Waals surface area contributed by atoms with Crippen molar-refractivity contribution in [2.75, 3.05) is 38.1 Å². The van der Waals surface area contributed by atoms with E-state index in [1.165, 1.54) is 11.6 Å². The molecule has 2 heterocycles. The van der Waals surface area contributed by atoms with E-state index in [-0.39, 0.29) is 11.7 Å². The summed E-state index contributed by atoms with van der Waals surface area (Å²) in [7, 11) is 1.71. The molecular formula is C27H38FN5O. The van der Waals surface area contributed by atoms with Crippen molar-refractivity contribution < 1.29 is 9.18 Å². The minimum Gasteiger partial charge on any atom is -0.353 e. The van der Waals surface area contributed by atoms with Crippen molar-refractivity contribution in [3.63, 3.8) is 0 Å². The van der Waals surface area contributed by atoms with Crippen LogP contribution in [0.1, 0.15) is 56.7 Å². The number of rotatable bonds is 5. The molecule has 1 aliphatic rings. The molecule has 1 saturated heterocycles. The fourth-order valence-electron chi connectivity index (χ4n) is 3.73. The number of amidine groups is 1. The summed E-state index contributed by atoms with van der Waals surface area (Å²) in [5.41, 5.74) is 3.76. The molecule has 0 unspecified atom stereocenters. The van der Waals surface area contributed by atoms with E-state index in [0.29, 0.717) is 17.8 Å². The molecular weight excluding hydrogens is 429 g/mol. The van der Waals surface area contributed by atoms with Crippen molar-refractivity contribution in [3.05, 3.63) is 59.0 Å². The first kappa shape index (κ1) is 27.2. The van der Waals surface area contributed by atoms with Crippen molar-refractivity contribution in [2.24, 2.45) is 9.98 Å². The molecule has 0 saturated carbocycles. The fraction of sp³-hybridized carbons (Fsp3) is 0.481. The highest BCUT2D eigenvalue weighted by Gasteiger charge is 2.20. The average molecular weight is 468 g/mol. The minimum atomic E-state index is -0.196. The van der Waals surface area contributed by atoms with E-state index in [4.69, 9.17) is 0 Å². The lowest BCUT2D eigenvalue weighted by Crippen LogP contribution is -2.48. The maximum absolute atomic E-state index is 13.2. The Morgan fingerprint density at radius 1 is 1.09 bits per heavy atom. The maximum atomic E-state index is 13.2. The first-order valence-corrected chi connectivity index (χ1v) is 12.0. The molecule has 0 atom stereocenters. The average Bonchev–Trinajstić information content (AvgIpc) is 2.84. The van der Waals surface area contributed by atoms with E-state index < -0.39 is 0 Å². The predicted molar refractivity (Wildman–Crippen MR) is 140 cm³/mol. The van der Waals surface area contributed by atoms with Crippen LogP contribution in [-0.4, -0.2) is 60.6 Å². The van der Waals surface area contributed by atoms with Crippen molar-refractivity contribution >= 4 is 23.3 Å². The second kappa shape index (κ2) is 13.6. The molecule has 6 nitrogen and oxygen atoms in total. The third-order valence-corrected chi connectivity index (χ3v) is 5.70. The largest absolute Gasteiger partial charge is 0.353 e. The van der Waals surface area contributed by atoms with Crippen LogP contribution in [0, 0.1) is 19.7 Å². The molecule has 1 amide bonds. The van der Waals surface area contributed by atoms with Gasteiger partial charge in [-0.15, -0.1) is 0 Å². The van der Waals surface area contributed by atoms with Crippen LogP contribution >= 0.6 is 0 Å². The lowest BCUT2D eigenvalue weighted by atomic mass is 10.1.